The molecule has 0 radical (unpaired) electrons. The molecule has 0 bridgehead atoms. The fourth-order valence-corrected chi connectivity index (χ4v) is 4.11. The average Bonchev–Trinajstić information content (AvgIpc) is 3.48. The Balaban J connectivity index is 1.29. The number of piperazine rings is 1. The molecule has 0 N–H and O–H groups in total. The van der Waals surface area contributed by atoms with Crippen molar-refractivity contribution in [2.24, 2.45) is 0 Å². The molecular formula is C21H24N6O. The van der Waals surface area contributed by atoms with Gasteiger partial charge in [-0.1, -0.05) is 36.4 Å². The quantitative estimate of drug-likeness (QED) is 0.700. The van der Waals surface area contributed by atoms with Crippen LogP contribution in [-0.4, -0.2) is 62.1 Å². The van der Waals surface area contributed by atoms with Crippen molar-refractivity contribution in [1.29, 1.82) is 0 Å². The highest BCUT2D eigenvalue weighted by Crippen LogP contribution is 2.36. The Hall–Kier alpha value is -2.80. The first-order valence-electron chi connectivity index (χ1n) is 10.0. The smallest absolute Gasteiger partial charge is 0.254 e. The molecule has 2 aromatic carbocycles. The highest BCUT2D eigenvalue weighted by molar-refractivity contribution is 6.07. The number of fused-ring (bicyclic) bond motifs is 1. The van der Waals surface area contributed by atoms with Crippen molar-refractivity contribution in [3.63, 3.8) is 0 Å². The van der Waals surface area contributed by atoms with Gasteiger partial charge in [0.05, 0.1) is 12.1 Å². The van der Waals surface area contributed by atoms with Gasteiger partial charge in [-0.25, -0.2) is 4.68 Å². The van der Waals surface area contributed by atoms with Gasteiger partial charge in [-0.15, -0.1) is 5.10 Å². The number of rotatable bonds is 4. The van der Waals surface area contributed by atoms with Crippen LogP contribution in [-0.2, 0) is 0 Å². The van der Waals surface area contributed by atoms with Gasteiger partial charge in [0.2, 0.25) is 0 Å². The van der Waals surface area contributed by atoms with Crippen molar-refractivity contribution in [1.82, 2.24) is 30.0 Å². The van der Waals surface area contributed by atoms with E-state index in [1.54, 1.807) is 0 Å². The first-order valence-corrected chi connectivity index (χ1v) is 10.0. The summed E-state index contributed by atoms with van der Waals surface area (Å²) in [6.07, 6.45) is 2.33. The van der Waals surface area contributed by atoms with E-state index < -0.39 is 0 Å². The molecule has 7 heteroatoms. The molecule has 0 spiro atoms. The van der Waals surface area contributed by atoms with Crippen molar-refractivity contribution in [3.05, 3.63) is 53.9 Å². The molecule has 1 aromatic heterocycles. The van der Waals surface area contributed by atoms with E-state index in [0.717, 1.165) is 61.2 Å². The SMILES string of the molecule is C[C@H](c1nnnn1C1CC1)N1CCN(C(=O)c2cccc3ccccc23)CC1. The monoisotopic (exact) mass is 376 g/mol. The molecule has 0 unspecified atom stereocenters. The predicted molar refractivity (Wildman–Crippen MR) is 106 cm³/mol. The van der Waals surface area contributed by atoms with Crippen molar-refractivity contribution in [2.45, 2.75) is 31.8 Å². The van der Waals surface area contributed by atoms with Crippen LogP contribution in [0.3, 0.4) is 0 Å². The van der Waals surface area contributed by atoms with E-state index in [0.29, 0.717) is 6.04 Å². The maximum Gasteiger partial charge on any atom is 0.254 e. The van der Waals surface area contributed by atoms with Crippen molar-refractivity contribution < 1.29 is 4.79 Å². The summed E-state index contributed by atoms with van der Waals surface area (Å²) in [5.74, 6) is 1.06. The Morgan fingerprint density at radius 3 is 2.57 bits per heavy atom. The van der Waals surface area contributed by atoms with Crippen molar-refractivity contribution >= 4 is 16.7 Å². The van der Waals surface area contributed by atoms with E-state index in [9.17, 15) is 4.79 Å². The Kier molecular flexibility index (Phi) is 4.31. The lowest BCUT2D eigenvalue weighted by molar-refractivity contribution is 0.0573. The average molecular weight is 376 g/mol. The molecule has 1 saturated carbocycles. The third-order valence-electron chi connectivity index (χ3n) is 5.95. The summed E-state index contributed by atoms with van der Waals surface area (Å²) in [7, 11) is 0. The standard InChI is InChI=1S/C21H24N6O/c1-15(20-22-23-24-27(20)17-9-10-17)25-11-13-26(14-12-25)21(28)19-8-4-6-16-5-2-3-7-18(16)19/h2-8,15,17H,9-14H2,1H3/t15-/m1/s1. The third-order valence-corrected chi connectivity index (χ3v) is 5.95. The zero-order chi connectivity index (χ0) is 19.1. The first-order chi connectivity index (χ1) is 13.7. The van der Waals surface area contributed by atoms with Gasteiger partial charge in [-0.2, -0.15) is 0 Å². The minimum absolute atomic E-state index is 0.118. The van der Waals surface area contributed by atoms with Gasteiger partial charge < -0.3 is 4.90 Å². The molecule has 5 rings (SSSR count). The van der Waals surface area contributed by atoms with E-state index in [1.165, 1.54) is 0 Å². The van der Waals surface area contributed by atoms with Crippen LogP contribution in [0.2, 0.25) is 0 Å². The molecule has 1 atom stereocenters. The van der Waals surface area contributed by atoms with Crippen LogP contribution in [0.1, 0.15) is 48.0 Å². The van der Waals surface area contributed by atoms with E-state index in [1.807, 2.05) is 39.9 Å². The van der Waals surface area contributed by atoms with Gasteiger partial charge in [0.1, 0.15) is 0 Å². The second kappa shape index (κ2) is 6.98. The number of carbonyl (C=O) groups excluding carboxylic acids is 1. The molecule has 28 heavy (non-hydrogen) atoms. The van der Waals surface area contributed by atoms with Crippen LogP contribution in [0.25, 0.3) is 10.8 Å². The molecule has 7 nitrogen and oxygen atoms in total. The molecule has 1 aliphatic heterocycles. The van der Waals surface area contributed by atoms with Gasteiger partial charge >= 0.3 is 0 Å². The minimum Gasteiger partial charge on any atom is -0.336 e. The number of amides is 1. The Labute approximate surface area is 163 Å². The molecule has 2 aliphatic rings. The summed E-state index contributed by atoms with van der Waals surface area (Å²) in [5.41, 5.74) is 0.789. The Morgan fingerprint density at radius 1 is 1.04 bits per heavy atom. The highest BCUT2D eigenvalue weighted by Gasteiger charge is 2.33. The maximum atomic E-state index is 13.1. The number of carbonyl (C=O) groups is 1. The van der Waals surface area contributed by atoms with Crippen LogP contribution in [0.4, 0.5) is 0 Å². The second-order valence-electron chi connectivity index (χ2n) is 7.74. The van der Waals surface area contributed by atoms with Crippen LogP contribution in [0.15, 0.2) is 42.5 Å². The zero-order valence-electron chi connectivity index (χ0n) is 16.0. The lowest BCUT2D eigenvalue weighted by atomic mass is 10.0. The summed E-state index contributed by atoms with van der Waals surface area (Å²) in [6.45, 7) is 5.26. The van der Waals surface area contributed by atoms with Gasteiger partial charge in [-0.3, -0.25) is 9.69 Å². The normalized spacial score (nSPS) is 19.1. The molecule has 144 valence electrons. The largest absolute Gasteiger partial charge is 0.336 e. The summed E-state index contributed by atoms with van der Waals surface area (Å²) in [6, 6.07) is 14.7. The minimum atomic E-state index is 0.118. The zero-order valence-corrected chi connectivity index (χ0v) is 16.0. The molecule has 2 fully saturated rings. The van der Waals surface area contributed by atoms with Crippen molar-refractivity contribution in [3.8, 4) is 0 Å². The summed E-state index contributed by atoms with van der Waals surface area (Å²) in [4.78, 5) is 17.5. The van der Waals surface area contributed by atoms with Crippen LogP contribution < -0.4 is 0 Å². The fourth-order valence-electron chi connectivity index (χ4n) is 4.11. The maximum absolute atomic E-state index is 13.1. The third kappa shape index (κ3) is 3.05. The predicted octanol–water partition coefficient (Wildman–Crippen LogP) is 2.68. The van der Waals surface area contributed by atoms with Crippen molar-refractivity contribution in [2.75, 3.05) is 26.2 Å². The second-order valence-corrected chi connectivity index (χ2v) is 7.74. The molecule has 1 amide bonds. The Bertz CT molecular complexity index is 998. The van der Waals surface area contributed by atoms with E-state index in [-0.39, 0.29) is 11.9 Å². The van der Waals surface area contributed by atoms with Crippen LogP contribution in [0, 0.1) is 0 Å². The van der Waals surface area contributed by atoms with Crippen LogP contribution in [0.5, 0.6) is 0 Å². The summed E-state index contributed by atoms with van der Waals surface area (Å²) in [5, 5.41) is 14.4. The fraction of sp³-hybridized carbons (Fsp3) is 0.429. The molecular weight excluding hydrogens is 352 g/mol. The number of benzene rings is 2. The number of nitrogens with zero attached hydrogens (tertiary/aromatic N) is 6. The first kappa shape index (κ1) is 17.3. The lowest BCUT2D eigenvalue weighted by Gasteiger charge is -2.37. The lowest BCUT2D eigenvalue weighted by Crippen LogP contribution is -2.49. The van der Waals surface area contributed by atoms with E-state index in [2.05, 4.69) is 39.5 Å². The van der Waals surface area contributed by atoms with Gasteiger partial charge in [-0.05, 0) is 47.0 Å². The van der Waals surface area contributed by atoms with Gasteiger partial charge in [0, 0.05) is 31.7 Å². The number of hydrogen-bond donors (Lipinski definition) is 0. The highest BCUT2D eigenvalue weighted by atomic mass is 16.2. The van der Waals surface area contributed by atoms with E-state index in [4.69, 9.17) is 0 Å². The molecule has 1 saturated heterocycles. The summed E-state index contributed by atoms with van der Waals surface area (Å²) >= 11 is 0. The number of tetrazole rings is 1. The van der Waals surface area contributed by atoms with Gasteiger partial charge in [0.25, 0.3) is 5.91 Å². The molecule has 1 aliphatic carbocycles. The van der Waals surface area contributed by atoms with Crippen LogP contribution >= 0.6 is 0 Å². The number of hydrogen-bond acceptors (Lipinski definition) is 5. The Morgan fingerprint density at radius 2 is 1.79 bits per heavy atom. The van der Waals surface area contributed by atoms with Gasteiger partial charge in [0.15, 0.2) is 5.82 Å². The molecule has 2 heterocycles. The number of aromatic nitrogens is 4. The topological polar surface area (TPSA) is 67.2 Å². The molecule has 3 aromatic rings. The summed E-state index contributed by atoms with van der Waals surface area (Å²) < 4.78 is 1.98. The van der Waals surface area contributed by atoms with E-state index >= 15 is 0 Å².